The van der Waals surface area contributed by atoms with Crippen LogP contribution in [0.1, 0.15) is 13.3 Å². The summed E-state index contributed by atoms with van der Waals surface area (Å²) in [6.07, 6.45) is 1.17. The molecule has 1 aromatic heterocycles. The Hall–Kier alpha value is -2.04. The zero-order valence-corrected chi connectivity index (χ0v) is 14.8. The highest BCUT2D eigenvalue weighted by Crippen LogP contribution is 2.32. The molecule has 0 bridgehead atoms. The van der Waals surface area contributed by atoms with Crippen LogP contribution in [0.15, 0.2) is 65.8 Å². The van der Waals surface area contributed by atoms with Gasteiger partial charge in [-0.3, -0.25) is 0 Å². The van der Waals surface area contributed by atoms with Gasteiger partial charge in [0.1, 0.15) is 0 Å². The van der Waals surface area contributed by atoms with Crippen molar-refractivity contribution in [2.24, 2.45) is 0 Å². The number of benzene rings is 2. The first kappa shape index (κ1) is 16.8. The van der Waals surface area contributed by atoms with Gasteiger partial charge < -0.3 is 10.3 Å². The van der Waals surface area contributed by atoms with Gasteiger partial charge in [-0.15, -0.1) is 0 Å². The van der Waals surface area contributed by atoms with Crippen molar-refractivity contribution in [2.45, 2.75) is 18.5 Å². The van der Waals surface area contributed by atoms with Gasteiger partial charge in [-0.05, 0) is 13.0 Å². The van der Waals surface area contributed by atoms with Crippen LogP contribution in [0.4, 0.5) is 0 Å². The summed E-state index contributed by atoms with van der Waals surface area (Å²) in [7, 11) is 0. The van der Waals surface area contributed by atoms with E-state index in [0.717, 1.165) is 41.0 Å². The second kappa shape index (κ2) is 8.71. The minimum atomic E-state index is 0.978. The molecule has 0 aliphatic carbocycles. The van der Waals surface area contributed by atoms with Crippen molar-refractivity contribution in [3.05, 3.63) is 60.7 Å². The lowest BCUT2D eigenvalue weighted by Crippen LogP contribution is -2.17. The maximum absolute atomic E-state index is 4.85. The van der Waals surface area contributed by atoms with E-state index in [1.165, 1.54) is 12.0 Å². The van der Waals surface area contributed by atoms with Crippen LogP contribution in [-0.2, 0) is 0 Å². The Morgan fingerprint density at radius 3 is 2.25 bits per heavy atom. The average Bonchev–Trinajstić information content (AvgIpc) is 3.07. The van der Waals surface area contributed by atoms with Gasteiger partial charge in [0.05, 0.1) is 11.4 Å². The van der Waals surface area contributed by atoms with Crippen LogP contribution in [-0.4, -0.2) is 28.8 Å². The van der Waals surface area contributed by atoms with E-state index in [0.29, 0.717) is 0 Å². The average molecular weight is 337 g/mol. The number of hydrogen-bond donors (Lipinski definition) is 2. The Balaban J connectivity index is 1.83. The number of nitrogens with one attached hydrogen (secondary N) is 2. The summed E-state index contributed by atoms with van der Waals surface area (Å²) in [5.74, 6) is 1.01. The van der Waals surface area contributed by atoms with Gasteiger partial charge in [-0.2, -0.15) is 0 Å². The van der Waals surface area contributed by atoms with Crippen LogP contribution in [0.5, 0.6) is 0 Å². The van der Waals surface area contributed by atoms with Gasteiger partial charge in [-0.25, -0.2) is 4.98 Å². The highest BCUT2D eigenvalue weighted by Gasteiger charge is 2.13. The molecule has 3 aromatic rings. The molecule has 4 heteroatoms. The quantitative estimate of drug-likeness (QED) is 0.457. The molecule has 24 heavy (non-hydrogen) atoms. The second-order valence-electron chi connectivity index (χ2n) is 5.60. The fourth-order valence-corrected chi connectivity index (χ4v) is 3.33. The number of aromatic nitrogens is 2. The van der Waals surface area contributed by atoms with Crippen LogP contribution in [0.3, 0.4) is 0 Å². The van der Waals surface area contributed by atoms with Crippen molar-refractivity contribution >= 4 is 11.8 Å². The summed E-state index contributed by atoms with van der Waals surface area (Å²) in [5, 5.41) is 4.41. The largest absolute Gasteiger partial charge is 0.332 e. The van der Waals surface area contributed by atoms with Crippen molar-refractivity contribution in [1.29, 1.82) is 0 Å². The van der Waals surface area contributed by atoms with E-state index in [1.54, 1.807) is 11.8 Å². The van der Waals surface area contributed by atoms with Crippen LogP contribution >= 0.6 is 11.8 Å². The minimum absolute atomic E-state index is 0.978. The SMILES string of the molecule is CCCNCCSc1nc(-c2ccccc2)c(-c2ccccc2)[nH]1. The highest BCUT2D eigenvalue weighted by atomic mass is 32.2. The number of rotatable bonds is 8. The summed E-state index contributed by atoms with van der Waals surface area (Å²) < 4.78 is 0. The molecule has 0 saturated carbocycles. The molecule has 1 heterocycles. The Morgan fingerprint density at radius 2 is 1.58 bits per heavy atom. The number of nitrogens with zero attached hydrogens (tertiary/aromatic N) is 1. The number of H-pyrrole nitrogens is 1. The van der Waals surface area contributed by atoms with Gasteiger partial charge in [0.2, 0.25) is 0 Å². The molecule has 0 spiro atoms. The molecule has 3 rings (SSSR count). The smallest absolute Gasteiger partial charge is 0.166 e. The molecule has 124 valence electrons. The van der Waals surface area contributed by atoms with Crippen molar-refractivity contribution in [3.63, 3.8) is 0 Å². The van der Waals surface area contributed by atoms with Gasteiger partial charge in [0.15, 0.2) is 5.16 Å². The van der Waals surface area contributed by atoms with Gasteiger partial charge in [0.25, 0.3) is 0 Å². The second-order valence-corrected chi connectivity index (χ2v) is 6.68. The van der Waals surface area contributed by atoms with Crippen molar-refractivity contribution in [1.82, 2.24) is 15.3 Å². The van der Waals surface area contributed by atoms with Crippen LogP contribution < -0.4 is 5.32 Å². The standard InChI is InChI=1S/C20H23N3S/c1-2-13-21-14-15-24-20-22-18(16-9-5-3-6-10-16)19(23-20)17-11-7-4-8-12-17/h3-12,21H,2,13-15H2,1H3,(H,22,23). The summed E-state index contributed by atoms with van der Waals surface area (Å²) in [6, 6.07) is 20.8. The maximum Gasteiger partial charge on any atom is 0.166 e. The minimum Gasteiger partial charge on any atom is -0.332 e. The third-order valence-corrected chi connectivity index (χ3v) is 4.61. The number of aromatic amines is 1. The van der Waals surface area contributed by atoms with Gasteiger partial charge >= 0.3 is 0 Å². The number of thioether (sulfide) groups is 1. The number of hydrogen-bond acceptors (Lipinski definition) is 3. The van der Waals surface area contributed by atoms with Crippen molar-refractivity contribution in [3.8, 4) is 22.5 Å². The summed E-state index contributed by atoms with van der Waals surface area (Å²) in [6.45, 7) is 4.26. The lowest BCUT2D eigenvalue weighted by Gasteiger charge is -2.02. The molecule has 0 aliphatic heterocycles. The molecule has 0 fully saturated rings. The third kappa shape index (κ3) is 4.28. The van der Waals surface area contributed by atoms with E-state index in [-0.39, 0.29) is 0 Å². The fraction of sp³-hybridized carbons (Fsp3) is 0.250. The van der Waals surface area contributed by atoms with E-state index < -0.39 is 0 Å². The first-order valence-electron chi connectivity index (χ1n) is 8.43. The molecule has 2 N–H and O–H groups in total. The summed E-state index contributed by atoms with van der Waals surface area (Å²) in [4.78, 5) is 8.37. The molecule has 0 atom stereocenters. The third-order valence-electron chi connectivity index (χ3n) is 3.74. The Morgan fingerprint density at radius 1 is 0.917 bits per heavy atom. The predicted octanol–water partition coefficient (Wildman–Crippen LogP) is 4.84. The molecular weight excluding hydrogens is 314 g/mol. The topological polar surface area (TPSA) is 40.7 Å². The van der Waals surface area contributed by atoms with Gasteiger partial charge in [-0.1, -0.05) is 79.3 Å². The van der Waals surface area contributed by atoms with E-state index in [1.807, 2.05) is 12.1 Å². The van der Waals surface area contributed by atoms with E-state index in [4.69, 9.17) is 4.98 Å². The molecule has 0 saturated heterocycles. The van der Waals surface area contributed by atoms with Crippen LogP contribution in [0.25, 0.3) is 22.5 Å². The zero-order valence-electron chi connectivity index (χ0n) is 14.0. The lowest BCUT2D eigenvalue weighted by atomic mass is 10.1. The fourth-order valence-electron chi connectivity index (χ4n) is 2.56. The summed E-state index contributed by atoms with van der Waals surface area (Å²) in [5.41, 5.74) is 4.42. The molecule has 0 amide bonds. The van der Waals surface area contributed by atoms with Gasteiger partial charge in [0, 0.05) is 23.4 Å². The van der Waals surface area contributed by atoms with E-state index in [2.05, 4.69) is 65.8 Å². The normalized spacial score (nSPS) is 10.9. The first-order chi connectivity index (χ1) is 11.9. The molecule has 0 unspecified atom stereocenters. The summed E-state index contributed by atoms with van der Waals surface area (Å²) >= 11 is 1.77. The molecule has 0 radical (unpaired) electrons. The van der Waals surface area contributed by atoms with Crippen LogP contribution in [0, 0.1) is 0 Å². The van der Waals surface area contributed by atoms with Crippen molar-refractivity contribution < 1.29 is 0 Å². The molecule has 0 aliphatic rings. The van der Waals surface area contributed by atoms with Crippen LogP contribution in [0.2, 0.25) is 0 Å². The van der Waals surface area contributed by atoms with E-state index >= 15 is 0 Å². The predicted molar refractivity (Wildman–Crippen MR) is 103 cm³/mol. The zero-order chi connectivity index (χ0) is 16.6. The molecule has 2 aromatic carbocycles. The Kier molecular flexibility index (Phi) is 6.10. The maximum atomic E-state index is 4.85. The van der Waals surface area contributed by atoms with Crippen molar-refractivity contribution in [2.75, 3.05) is 18.8 Å². The molecule has 3 nitrogen and oxygen atoms in total. The highest BCUT2D eigenvalue weighted by molar-refractivity contribution is 7.99. The monoisotopic (exact) mass is 337 g/mol. The van der Waals surface area contributed by atoms with E-state index in [9.17, 15) is 0 Å². The molecular formula is C20H23N3S. The Labute approximate surface area is 147 Å². The lowest BCUT2D eigenvalue weighted by molar-refractivity contribution is 0.707. The first-order valence-corrected chi connectivity index (χ1v) is 9.41. The Bertz CT molecular complexity index is 681. The number of imidazole rings is 1.